The molecule has 0 bridgehead atoms. The molecular formula is C20H14FN2O+. The molecule has 2 aromatic heterocycles. The molecule has 0 saturated heterocycles. The van der Waals surface area contributed by atoms with E-state index >= 15 is 0 Å². The largest absolute Gasteiger partial charge is 0.455 e. The van der Waals surface area contributed by atoms with Gasteiger partial charge in [-0.05, 0) is 36.8 Å². The van der Waals surface area contributed by atoms with E-state index < -0.39 is 0 Å². The van der Waals surface area contributed by atoms with Crippen molar-refractivity contribution in [2.75, 3.05) is 0 Å². The number of hydrogen-bond donors (Lipinski definition) is 0. The number of nitrogens with zero attached hydrogens (tertiary/aromatic N) is 2. The molecule has 0 radical (unpaired) electrons. The summed E-state index contributed by atoms with van der Waals surface area (Å²) in [7, 11) is 1.95. The van der Waals surface area contributed by atoms with Crippen molar-refractivity contribution in [3.63, 3.8) is 0 Å². The highest BCUT2D eigenvalue weighted by Crippen LogP contribution is 2.39. The molecule has 4 rings (SSSR count). The zero-order valence-corrected chi connectivity index (χ0v) is 13.3. The van der Waals surface area contributed by atoms with E-state index in [4.69, 9.17) is 4.42 Å². The molecule has 0 spiro atoms. The monoisotopic (exact) mass is 317 g/mol. The molecule has 0 N–H and O–H groups in total. The third-order valence-electron chi connectivity index (χ3n) is 4.35. The van der Waals surface area contributed by atoms with Gasteiger partial charge in [-0.1, -0.05) is 6.07 Å². The van der Waals surface area contributed by atoms with Gasteiger partial charge in [0.15, 0.2) is 11.8 Å². The number of pyridine rings is 1. The van der Waals surface area contributed by atoms with Crippen LogP contribution in [0.5, 0.6) is 0 Å². The fourth-order valence-electron chi connectivity index (χ4n) is 3.27. The van der Waals surface area contributed by atoms with E-state index in [1.807, 2.05) is 42.9 Å². The maximum absolute atomic E-state index is 14.4. The van der Waals surface area contributed by atoms with E-state index in [1.54, 1.807) is 18.2 Å². The molecule has 24 heavy (non-hydrogen) atoms. The first kappa shape index (κ1) is 14.4. The Morgan fingerprint density at radius 1 is 1.12 bits per heavy atom. The van der Waals surface area contributed by atoms with Crippen LogP contribution >= 0.6 is 0 Å². The van der Waals surface area contributed by atoms with Crippen molar-refractivity contribution >= 4 is 21.9 Å². The quantitative estimate of drug-likeness (QED) is 0.488. The zero-order chi connectivity index (χ0) is 16.8. The molecule has 0 aliphatic carbocycles. The molecule has 0 amide bonds. The predicted molar refractivity (Wildman–Crippen MR) is 89.7 cm³/mol. The molecule has 4 aromatic rings. The molecule has 116 valence electrons. The third kappa shape index (κ3) is 1.92. The van der Waals surface area contributed by atoms with Crippen molar-refractivity contribution < 1.29 is 13.4 Å². The Bertz CT molecular complexity index is 1150. The fraction of sp³-hybridized carbons (Fsp3) is 0.100. The minimum absolute atomic E-state index is 0.365. The van der Waals surface area contributed by atoms with Gasteiger partial charge in [0.25, 0.3) is 0 Å². The second-order valence-corrected chi connectivity index (χ2v) is 5.84. The Labute approximate surface area is 138 Å². The van der Waals surface area contributed by atoms with Crippen molar-refractivity contribution in [1.29, 1.82) is 5.26 Å². The standard InChI is InChI=1S/C20H14FN2O/c1-12-10-13(11-22)18-19-14(21)6-5-8-16(19)24-20(18)17(12)15-7-3-4-9-23(15)2/h3-10H,1-2H3/q+1. The maximum atomic E-state index is 14.4. The number of rotatable bonds is 1. The molecule has 0 fully saturated rings. The summed E-state index contributed by atoms with van der Waals surface area (Å²) in [6, 6.07) is 14.6. The van der Waals surface area contributed by atoms with Crippen LogP contribution < -0.4 is 4.57 Å². The van der Waals surface area contributed by atoms with Crippen LogP contribution in [-0.2, 0) is 7.05 Å². The molecule has 4 heteroatoms. The van der Waals surface area contributed by atoms with Crippen molar-refractivity contribution in [2.24, 2.45) is 7.05 Å². The van der Waals surface area contributed by atoms with E-state index in [9.17, 15) is 9.65 Å². The van der Waals surface area contributed by atoms with Crippen LogP contribution in [0.1, 0.15) is 11.1 Å². The lowest BCUT2D eigenvalue weighted by Crippen LogP contribution is -2.30. The summed E-state index contributed by atoms with van der Waals surface area (Å²) < 4.78 is 22.4. The Hall–Kier alpha value is -3.19. The number of aryl methyl sites for hydroxylation is 2. The SMILES string of the molecule is Cc1cc(C#N)c2c(oc3cccc(F)c32)c1-c1cccc[n+]1C. The van der Waals surface area contributed by atoms with Crippen LogP contribution in [-0.4, -0.2) is 0 Å². The number of fused-ring (bicyclic) bond motifs is 3. The van der Waals surface area contributed by atoms with Gasteiger partial charge in [0, 0.05) is 17.5 Å². The highest BCUT2D eigenvalue weighted by Gasteiger charge is 2.24. The highest BCUT2D eigenvalue weighted by molar-refractivity contribution is 6.12. The fourth-order valence-corrected chi connectivity index (χ4v) is 3.27. The van der Waals surface area contributed by atoms with Crippen LogP contribution in [0.2, 0.25) is 0 Å². The maximum Gasteiger partial charge on any atom is 0.216 e. The lowest BCUT2D eigenvalue weighted by atomic mass is 9.96. The van der Waals surface area contributed by atoms with E-state index in [-0.39, 0.29) is 5.82 Å². The summed E-state index contributed by atoms with van der Waals surface area (Å²) in [5, 5.41) is 10.4. The van der Waals surface area contributed by atoms with Crippen LogP contribution in [0.25, 0.3) is 33.2 Å². The minimum atomic E-state index is -0.380. The lowest BCUT2D eigenvalue weighted by Gasteiger charge is -2.06. The summed E-state index contributed by atoms with van der Waals surface area (Å²) in [5.74, 6) is -0.380. The van der Waals surface area contributed by atoms with Gasteiger partial charge in [0.2, 0.25) is 5.69 Å². The molecule has 0 aliphatic heterocycles. The van der Waals surface area contributed by atoms with Crippen molar-refractivity contribution in [2.45, 2.75) is 6.92 Å². The Balaban J connectivity index is 2.27. The lowest BCUT2D eigenvalue weighted by molar-refractivity contribution is -0.660. The summed E-state index contributed by atoms with van der Waals surface area (Å²) in [6.45, 7) is 1.94. The van der Waals surface area contributed by atoms with E-state index in [1.165, 1.54) is 6.07 Å². The first-order chi connectivity index (χ1) is 11.6. The Kier molecular flexibility index (Phi) is 3.10. The van der Waals surface area contributed by atoms with Crippen molar-refractivity contribution in [1.82, 2.24) is 0 Å². The van der Waals surface area contributed by atoms with E-state index in [2.05, 4.69) is 6.07 Å². The second-order valence-electron chi connectivity index (χ2n) is 5.84. The van der Waals surface area contributed by atoms with Gasteiger partial charge in [-0.3, -0.25) is 0 Å². The molecule has 2 heterocycles. The predicted octanol–water partition coefficient (Wildman–Crippen LogP) is 4.40. The second kappa shape index (κ2) is 5.17. The van der Waals surface area contributed by atoms with Gasteiger partial charge in [-0.15, -0.1) is 0 Å². The molecule has 0 saturated carbocycles. The molecular weight excluding hydrogens is 303 g/mol. The van der Waals surface area contributed by atoms with Crippen LogP contribution in [0, 0.1) is 24.1 Å². The Morgan fingerprint density at radius 2 is 1.96 bits per heavy atom. The minimum Gasteiger partial charge on any atom is -0.455 e. The van der Waals surface area contributed by atoms with Gasteiger partial charge >= 0.3 is 0 Å². The number of benzene rings is 2. The number of nitriles is 1. The molecule has 3 nitrogen and oxygen atoms in total. The Morgan fingerprint density at radius 3 is 2.71 bits per heavy atom. The molecule has 0 unspecified atom stereocenters. The average Bonchev–Trinajstić information content (AvgIpc) is 2.96. The molecule has 0 atom stereocenters. The van der Waals surface area contributed by atoms with Gasteiger partial charge in [0.1, 0.15) is 18.4 Å². The van der Waals surface area contributed by atoms with E-state index in [0.717, 1.165) is 16.8 Å². The molecule has 0 aliphatic rings. The van der Waals surface area contributed by atoms with Gasteiger partial charge in [0.05, 0.1) is 22.6 Å². The zero-order valence-electron chi connectivity index (χ0n) is 13.3. The van der Waals surface area contributed by atoms with Crippen LogP contribution in [0.3, 0.4) is 0 Å². The number of aromatic nitrogens is 1. The van der Waals surface area contributed by atoms with Gasteiger partial charge in [-0.2, -0.15) is 5.26 Å². The summed E-state index contributed by atoms with van der Waals surface area (Å²) in [4.78, 5) is 0. The normalized spacial score (nSPS) is 11.1. The average molecular weight is 317 g/mol. The van der Waals surface area contributed by atoms with Gasteiger partial charge < -0.3 is 4.42 Å². The summed E-state index contributed by atoms with van der Waals surface area (Å²) in [5.41, 5.74) is 4.17. The van der Waals surface area contributed by atoms with E-state index in [0.29, 0.717) is 27.5 Å². The van der Waals surface area contributed by atoms with Gasteiger partial charge in [-0.25, -0.2) is 8.96 Å². The first-order valence-corrected chi connectivity index (χ1v) is 7.61. The topological polar surface area (TPSA) is 40.8 Å². The number of furan rings is 1. The van der Waals surface area contributed by atoms with Crippen LogP contribution in [0.15, 0.2) is 53.1 Å². The molecule has 2 aromatic carbocycles. The van der Waals surface area contributed by atoms with Crippen LogP contribution in [0.4, 0.5) is 4.39 Å². The summed E-state index contributed by atoms with van der Waals surface area (Å²) in [6.07, 6.45) is 1.95. The smallest absolute Gasteiger partial charge is 0.216 e. The first-order valence-electron chi connectivity index (χ1n) is 7.61. The number of halogens is 1. The highest BCUT2D eigenvalue weighted by atomic mass is 19.1. The van der Waals surface area contributed by atoms with Crippen molar-refractivity contribution in [3.05, 3.63) is 65.6 Å². The third-order valence-corrected chi connectivity index (χ3v) is 4.35. The summed E-state index contributed by atoms with van der Waals surface area (Å²) >= 11 is 0. The van der Waals surface area contributed by atoms with Crippen molar-refractivity contribution in [3.8, 4) is 17.3 Å². The number of hydrogen-bond acceptors (Lipinski definition) is 2.